The van der Waals surface area contributed by atoms with Crippen LogP contribution in [-0.4, -0.2) is 32.5 Å². The van der Waals surface area contributed by atoms with Gasteiger partial charge in [0.15, 0.2) is 0 Å². The number of thiophene rings is 1. The second-order valence-electron chi connectivity index (χ2n) is 7.58. The standard InChI is InChI=1S/C19H23N3O3S/c1-10-13-11(2)20-15(12-6-7-12)21-17(13)26-14(10)16(23)22-19(18(24)25)8-4-3-5-9-19/h12H,3-9H2,1-2H3,(H,22,23)(H,24,25). The van der Waals surface area contributed by atoms with Crippen molar-refractivity contribution in [1.82, 2.24) is 15.3 Å². The van der Waals surface area contributed by atoms with Gasteiger partial charge in [-0.15, -0.1) is 11.3 Å². The summed E-state index contributed by atoms with van der Waals surface area (Å²) in [5, 5.41) is 13.5. The van der Waals surface area contributed by atoms with Crippen molar-refractivity contribution in [2.45, 2.75) is 70.3 Å². The van der Waals surface area contributed by atoms with E-state index in [0.29, 0.717) is 23.6 Å². The minimum atomic E-state index is -1.14. The Hall–Kier alpha value is -2.02. The van der Waals surface area contributed by atoms with Crippen LogP contribution in [0, 0.1) is 13.8 Å². The van der Waals surface area contributed by atoms with Crippen molar-refractivity contribution < 1.29 is 14.7 Å². The fourth-order valence-electron chi connectivity index (χ4n) is 3.92. The molecule has 0 aliphatic heterocycles. The van der Waals surface area contributed by atoms with Crippen molar-refractivity contribution in [1.29, 1.82) is 0 Å². The van der Waals surface area contributed by atoms with Crippen LogP contribution in [0.1, 0.15) is 77.6 Å². The first-order valence-corrected chi connectivity index (χ1v) is 10.1. The van der Waals surface area contributed by atoms with E-state index in [1.165, 1.54) is 11.3 Å². The molecule has 2 saturated carbocycles. The minimum absolute atomic E-state index is 0.304. The number of fused-ring (bicyclic) bond motifs is 1. The number of carboxylic acid groups (broad SMARTS) is 1. The predicted molar refractivity (Wildman–Crippen MR) is 99.8 cm³/mol. The summed E-state index contributed by atoms with van der Waals surface area (Å²) in [4.78, 5) is 35.5. The van der Waals surface area contributed by atoms with Gasteiger partial charge in [0.1, 0.15) is 16.2 Å². The Kier molecular flexibility index (Phi) is 4.22. The number of carbonyl (C=O) groups is 2. The molecule has 0 radical (unpaired) electrons. The minimum Gasteiger partial charge on any atom is -0.480 e. The highest BCUT2D eigenvalue weighted by Gasteiger charge is 2.41. The van der Waals surface area contributed by atoms with E-state index in [0.717, 1.165) is 59.4 Å². The van der Waals surface area contributed by atoms with Gasteiger partial charge in [-0.05, 0) is 45.1 Å². The number of carboxylic acids is 1. The Morgan fingerprint density at radius 2 is 1.85 bits per heavy atom. The summed E-state index contributed by atoms with van der Waals surface area (Å²) in [5.41, 5.74) is 0.603. The maximum absolute atomic E-state index is 12.9. The van der Waals surface area contributed by atoms with Crippen molar-refractivity contribution in [3.8, 4) is 0 Å². The smallest absolute Gasteiger partial charge is 0.329 e. The van der Waals surface area contributed by atoms with E-state index >= 15 is 0 Å². The molecule has 6 nitrogen and oxygen atoms in total. The lowest BCUT2D eigenvalue weighted by Gasteiger charge is -2.33. The van der Waals surface area contributed by atoms with Gasteiger partial charge in [0.2, 0.25) is 0 Å². The second kappa shape index (κ2) is 6.30. The molecule has 4 rings (SSSR count). The molecule has 2 aromatic rings. The van der Waals surface area contributed by atoms with E-state index in [1.54, 1.807) is 0 Å². The topological polar surface area (TPSA) is 92.2 Å². The van der Waals surface area contributed by atoms with Crippen LogP contribution in [0.25, 0.3) is 10.2 Å². The van der Waals surface area contributed by atoms with Gasteiger partial charge >= 0.3 is 5.97 Å². The first-order chi connectivity index (χ1) is 12.4. The van der Waals surface area contributed by atoms with Gasteiger partial charge in [0.25, 0.3) is 5.91 Å². The molecule has 26 heavy (non-hydrogen) atoms. The van der Waals surface area contributed by atoms with Crippen molar-refractivity contribution in [2.75, 3.05) is 0 Å². The number of aryl methyl sites for hydroxylation is 2. The van der Waals surface area contributed by atoms with Crippen molar-refractivity contribution in [3.63, 3.8) is 0 Å². The van der Waals surface area contributed by atoms with Crippen LogP contribution >= 0.6 is 11.3 Å². The Morgan fingerprint density at radius 1 is 1.15 bits per heavy atom. The number of nitrogens with one attached hydrogen (secondary N) is 1. The molecule has 2 aliphatic rings. The molecule has 7 heteroatoms. The Labute approximate surface area is 156 Å². The number of amides is 1. The van der Waals surface area contributed by atoms with Crippen molar-refractivity contribution in [2.24, 2.45) is 0 Å². The fraction of sp³-hybridized carbons (Fsp3) is 0.579. The number of rotatable bonds is 4. The third kappa shape index (κ3) is 2.88. The fourth-order valence-corrected chi connectivity index (χ4v) is 5.06. The first-order valence-electron chi connectivity index (χ1n) is 9.25. The number of hydrogen-bond donors (Lipinski definition) is 2. The van der Waals surface area contributed by atoms with E-state index in [4.69, 9.17) is 0 Å². The number of hydrogen-bond acceptors (Lipinski definition) is 5. The molecule has 2 heterocycles. The molecular formula is C19H23N3O3S. The van der Waals surface area contributed by atoms with Crippen LogP contribution in [0.2, 0.25) is 0 Å². The lowest BCUT2D eigenvalue weighted by atomic mass is 9.81. The molecule has 0 atom stereocenters. The number of aromatic nitrogens is 2. The molecule has 2 fully saturated rings. The van der Waals surface area contributed by atoms with Crippen molar-refractivity contribution in [3.05, 3.63) is 22.0 Å². The highest BCUT2D eigenvalue weighted by atomic mass is 32.1. The summed E-state index contributed by atoms with van der Waals surface area (Å²) >= 11 is 1.35. The van der Waals surface area contributed by atoms with E-state index in [2.05, 4.69) is 15.3 Å². The van der Waals surface area contributed by atoms with E-state index < -0.39 is 11.5 Å². The van der Waals surface area contributed by atoms with Gasteiger partial charge in [-0.3, -0.25) is 4.79 Å². The molecule has 2 aromatic heterocycles. The number of carbonyl (C=O) groups excluding carboxylic acids is 1. The SMILES string of the molecule is Cc1nc(C2CC2)nc2sc(C(=O)NC3(C(=O)O)CCCCC3)c(C)c12. The van der Waals surface area contributed by atoms with Gasteiger partial charge in [-0.1, -0.05) is 19.3 Å². The zero-order valence-electron chi connectivity index (χ0n) is 15.1. The molecule has 1 amide bonds. The lowest BCUT2D eigenvalue weighted by molar-refractivity contribution is -0.145. The zero-order valence-corrected chi connectivity index (χ0v) is 15.9. The quantitative estimate of drug-likeness (QED) is 0.852. The van der Waals surface area contributed by atoms with Gasteiger partial charge in [0, 0.05) is 11.3 Å². The molecule has 138 valence electrons. The summed E-state index contributed by atoms with van der Waals surface area (Å²) in [6.45, 7) is 3.85. The van der Waals surface area contributed by atoms with Crippen LogP contribution in [0.4, 0.5) is 0 Å². The molecule has 0 spiro atoms. The number of nitrogens with zero attached hydrogens (tertiary/aromatic N) is 2. The Morgan fingerprint density at radius 3 is 2.46 bits per heavy atom. The maximum atomic E-state index is 12.9. The van der Waals surface area contributed by atoms with Crippen LogP contribution in [0.15, 0.2) is 0 Å². The molecule has 0 saturated heterocycles. The van der Waals surface area contributed by atoms with Gasteiger partial charge in [-0.2, -0.15) is 0 Å². The van der Waals surface area contributed by atoms with Crippen LogP contribution in [0.3, 0.4) is 0 Å². The molecule has 2 N–H and O–H groups in total. The van der Waals surface area contributed by atoms with E-state index in [9.17, 15) is 14.7 Å². The molecule has 0 aromatic carbocycles. The summed E-state index contributed by atoms with van der Waals surface area (Å²) in [5.74, 6) is 0.0891. The average molecular weight is 373 g/mol. The lowest BCUT2D eigenvalue weighted by Crippen LogP contribution is -2.55. The highest BCUT2D eigenvalue weighted by molar-refractivity contribution is 7.20. The highest BCUT2D eigenvalue weighted by Crippen LogP contribution is 2.40. The third-order valence-corrected chi connectivity index (χ3v) is 6.79. The van der Waals surface area contributed by atoms with Crippen LogP contribution in [-0.2, 0) is 4.79 Å². The second-order valence-corrected chi connectivity index (χ2v) is 8.58. The molecule has 2 aliphatic carbocycles. The monoisotopic (exact) mass is 373 g/mol. The van der Waals surface area contributed by atoms with Crippen molar-refractivity contribution >= 4 is 33.4 Å². The molecule has 0 bridgehead atoms. The maximum Gasteiger partial charge on any atom is 0.329 e. The summed E-state index contributed by atoms with van der Waals surface area (Å²) < 4.78 is 0. The van der Waals surface area contributed by atoms with Crippen LogP contribution in [0.5, 0.6) is 0 Å². The predicted octanol–water partition coefficient (Wildman–Crippen LogP) is 3.70. The van der Waals surface area contributed by atoms with Gasteiger partial charge in [-0.25, -0.2) is 14.8 Å². The largest absolute Gasteiger partial charge is 0.480 e. The third-order valence-electron chi connectivity index (χ3n) is 5.61. The summed E-state index contributed by atoms with van der Waals surface area (Å²) in [7, 11) is 0. The summed E-state index contributed by atoms with van der Waals surface area (Å²) in [6.07, 6.45) is 5.91. The normalized spacial score (nSPS) is 19.5. The Balaban J connectivity index is 1.69. The number of aliphatic carboxylic acids is 1. The van der Waals surface area contributed by atoms with E-state index in [1.807, 2.05) is 13.8 Å². The molecule has 0 unspecified atom stereocenters. The van der Waals surface area contributed by atoms with Gasteiger partial charge in [0.05, 0.1) is 10.6 Å². The summed E-state index contributed by atoms with van der Waals surface area (Å²) in [6, 6.07) is 0. The van der Waals surface area contributed by atoms with Gasteiger partial charge < -0.3 is 10.4 Å². The Bertz CT molecular complexity index is 895. The van der Waals surface area contributed by atoms with E-state index in [-0.39, 0.29) is 5.91 Å². The average Bonchev–Trinajstić information content (AvgIpc) is 3.39. The first kappa shape index (κ1) is 17.4. The zero-order chi connectivity index (χ0) is 18.5. The molecular weight excluding hydrogens is 350 g/mol. The van der Waals surface area contributed by atoms with Crippen LogP contribution < -0.4 is 5.32 Å².